The maximum Gasteiger partial charge on any atom is 0.0487 e. The molecule has 1 aliphatic rings. The molecular weight excluding hydrogens is 296 g/mol. The number of rotatable bonds is 0. The van der Waals surface area contributed by atoms with Gasteiger partial charge in [0.2, 0.25) is 0 Å². The maximum absolute atomic E-state index is 6.38. The third kappa shape index (κ3) is 1.63. The molecule has 0 saturated carbocycles. The van der Waals surface area contributed by atoms with Crippen LogP contribution in [0, 0.1) is 0 Å². The Morgan fingerprint density at radius 2 is 1.88 bits per heavy atom. The molecule has 0 fully saturated rings. The van der Waals surface area contributed by atoms with Gasteiger partial charge in [-0.3, -0.25) is 0 Å². The Hall–Kier alpha value is -0.530. The number of benzene rings is 2. The van der Waals surface area contributed by atoms with Gasteiger partial charge in [0, 0.05) is 15.2 Å². The molecule has 0 heterocycles. The van der Waals surface area contributed by atoms with Crippen LogP contribution in [0.1, 0.15) is 36.2 Å². The zero-order chi connectivity index (χ0) is 12.2. The fourth-order valence-corrected chi connectivity index (χ4v) is 4.47. The van der Waals surface area contributed by atoms with E-state index in [1.807, 2.05) is 6.07 Å². The van der Waals surface area contributed by atoms with Crippen LogP contribution in [0.15, 0.2) is 30.3 Å². The van der Waals surface area contributed by atoms with Crippen molar-refractivity contribution < 1.29 is 0 Å². The topological polar surface area (TPSA) is 0 Å². The summed E-state index contributed by atoms with van der Waals surface area (Å²) < 4.78 is 0. The molecule has 0 radical (unpaired) electrons. The standard InChI is InChI=1S/C15H14BrCl/c1-15(2)8-12(16)11-7-13(17)9-5-3-4-6-10(9)14(11)15/h3-7,12H,8H2,1-2H3. The lowest BCUT2D eigenvalue weighted by molar-refractivity contribution is 0.524. The molecule has 1 unspecified atom stereocenters. The summed E-state index contributed by atoms with van der Waals surface area (Å²) in [5.41, 5.74) is 3.03. The van der Waals surface area contributed by atoms with Crippen LogP contribution in [0.3, 0.4) is 0 Å². The van der Waals surface area contributed by atoms with Gasteiger partial charge in [0.1, 0.15) is 0 Å². The van der Waals surface area contributed by atoms with Crippen LogP contribution in [0.25, 0.3) is 10.8 Å². The number of hydrogen-bond acceptors (Lipinski definition) is 0. The lowest BCUT2D eigenvalue weighted by Gasteiger charge is -2.21. The van der Waals surface area contributed by atoms with Gasteiger partial charge < -0.3 is 0 Å². The van der Waals surface area contributed by atoms with Crippen molar-refractivity contribution in [3.8, 4) is 0 Å². The average molecular weight is 310 g/mol. The van der Waals surface area contributed by atoms with Crippen molar-refractivity contribution in [1.82, 2.24) is 0 Å². The van der Waals surface area contributed by atoms with E-state index in [2.05, 4.69) is 54.0 Å². The van der Waals surface area contributed by atoms with Gasteiger partial charge in [-0.25, -0.2) is 0 Å². The van der Waals surface area contributed by atoms with E-state index in [1.165, 1.54) is 21.9 Å². The highest BCUT2D eigenvalue weighted by Crippen LogP contribution is 2.52. The van der Waals surface area contributed by atoms with Crippen molar-refractivity contribution in [2.24, 2.45) is 0 Å². The summed E-state index contributed by atoms with van der Waals surface area (Å²) in [6.07, 6.45) is 1.13. The van der Waals surface area contributed by atoms with Crippen molar-refractivity contribution in [3.63, 3.8) is 0 Å². The second-order valence-electron chi connectivity index (χ2n) is 5.42. The molecule has 3 rings (SSSR count). The highest BCUT2D eigenvalue weighted by molar-refractivity contribution is 9.09. The van der Waals surface area contributed by atoms with Gasteiger partial charge in [-0.1, -0.05) is 65.6 Å². The first-order valence-corrected chi connectivity index (χ1v) is 7.16. The minimum atomic E-state index is 0.216. The van der Waals surface area contributed by atoms with Crippen molar-refractivity contribution in [2.75, 3.05) is 0 Å². The zero-order valence-electron chi connectivity index (χ0n) is 9.93. The summed E-state index contributed by atoms with van der Waals surface area (Å²) in [4.78, 5) is 0.426. The Labute approximate surface area is 115 Å². The smallest absolute Gasteiger partial charge is 0.0487 e. The fourth-order valence-electron chi connectivity index (χ4n) is 3.01. The van der Waals surface area contributed by atoms with E-state index in [9.17, 15) is 0 Å². The highest BCUT2D eigenvalue weighted by Gasteiger charge is 2.37. The van der Waals surface area contributed by atoms with E-state index < -0.39 is 0 Å². The van der Waals surface area contributed by atoms with E-state index in [0.29, 0.717) is 4.83 Å². The third-order valence-electron chi connectivity index (χ3n) is 3.73. The van der Waals surface area contributed by atoms with E-state index >= 15 is 0 Å². The molecule has 0 nitrogen and oxygen atoms in total. The Morgan fingerprint density at radius 3 is 2.59 bits per heavy atom. The van der Waals surface area contributed by atoms with Gasteiger partial charge in [0.25, 0.3) is 0 Å². The van der Waals surface area contributed by atoms with E-state index in [0.717, 1.165) is 11.4 Å². The highest BCUT2D eigenvalue weighted by atomic mass is 79.9. The lowest BCUT2D eigenvalue weighted by Crippen LogP contribution is -2.12. The maximum atomic E-state index is 6.38. The average Bonchev–Trinajstić information content (AvgIpc) is 2.49. The van der Waals surface area contributed by atoms with Gasteiger partial charge in [-0.2, -0.15) is 0 Å². The SMILES string of the molecule is CC1(C)CC(Br)c2cc(Cl)c3ccccc3c21. The van der Waals surface area contributed by atoms with Gasteiger partial charge in [-0.15, -0.1) is 0 Å². The molecule has 2 aromatic carbocycles. The van der Waals surface area contributed by atoms with Crippen LogP contribution in [-0.2, 0) is 5.41 Å². The van der Waals surface area contributed by atoms with Crippen LogP contribution in [-0.4, -0.2) is 0 Å². The zero-order valence-corrected chi connectivity index (χ0v) is 12.3. The summed E-state index contributed by atoms with van der Waals surface area (Å²) in [6, 6.07) is 10.6. The molecule has 1 aliphatic carbocycles. The third-order valence-corrected chi connectivity index (χ3v) is 4.86. The lowest BCUT2D eigenvalue weighted by atomic mass is 9.83. The molecular formula is C15H14BrCl. The second kappa shape index (κ2) is 3.73. The first-order chi connectivity index (χ1) is 8.00. The van der Waals surface area contributed by atoms with Crippen LogP contribution in [0.2, 0.25) is 5.02 Å². The van der Waals surface area contributed by atoms with Crippen molar-refractivity contribution >= 4 is 38.3 Å². The predicted octanol–water partition coefficient (Wildman–Crippen LogP) is 5.61. The predicted molar refractivity (Wildman–Crippen MR) is 78.3 cm³/mol. The molecule has 2 heteroatoms. The summed E-state index contributed by atoms with van der Waals surface area (Å²) in [5, 5.41) is 3.34. The Balaban J connectivity index is 2.47. The molecule has 2 aromatic rings. The number of fused-ring (bicyclic) bond motifs is 3. The minimum Gasteiger partial charge on any atom is -0.0838 e. The van der Waals surface area contributed by atoms with Crippen molar-refractivity contribution in [2.45, 2.75) is 30.5 Å². The fraction of sp³-hybridized carbons (Fsp3) is 0.333. The molecule has 0 amide bonds. The van der Waals surface area contributed by atoms with Crippen molar-refractivity contribution in [1.29, 1.82) is 0 Å². The molecule has 0 bridgehead atoms. The Morgan fingerprint density at radius 1 is 1.24 bits per heavy atom. The molecule has 0 aromatic heterocycles. The summed E-state index contributed by atoms with van der Waals surface area (Å²) in [5.74, 6) is 0. The van der Waals surface area contributed by atoms with Crippen LogP contribution in [0.4, 0.5) is 0 Å². The molecule has 0 aliphatic heterocycles. The molecule has 0 N–H and O–H groups in total. The quantitative estimate of drug-likeness (QED) is 0.555. The number of halogens is 2. The second-order valence-corrected chi connectivity index (χ2v) is 6.94. The Bertz CT molecular complexity index is 601. The van der Waals surface area contributed by atoms with Crippen LogP contribution >= 0.6 is 27.5 Å². The largest absolute Gasteiger partial charge is 0.0838 e. The summed E-state index contributed by atoms with van der Waals surface area (Å²) in [6.45, 7) is 4.63. The van der Waals surface area contributed by atoms with Gasteiger partial charge >= 0.3 is 0 Å². The van der Waals surface area contributed by atoms with Crippen molar-refractivity contribution in [3.05, 3.63) is 46.5 Å². The molecule has 88 valence electrons. The van der Waals surface area contributed by atoms with Gasteiger partial charge in [0.05, 0.1) is 0 Å². The first kappa shape index (κ1) is 11.6. The minimum absolute atomic E-state index is 0.216. The molecule has 17 heavy (non-hydrogen) atoms. The summed E-state index contributed by atoms with van der Waals surface area (Å²) >= 11 is 10.2. The monoisotopic (exact) mass is 308 g/mol. The van der Waals surface area contributed by atoms with Gasteiger partial charge in [-0.05, 0) is 34.4 Å². The normalized spacial score (nSPS) is 21.8. The number of hydrogen-bond donors (Lipinski definition) is 0. The number of alkyl halides is 1. The van der Waals surface area contributed by atoms with E-state index in [-0.39, 0.29) is 5.41 Å². The van der Waals surface area contributed by atoms with Gasteiger partial charge in [0.15, 0.2) is 0 Å². The van der Waals surface area contributed by atoms with Crippen LogP contribution < -0.4 is 0 Å². The first-order valence-electron chi connectivity index (χ1n) is 5.86. The molecule has 0 spiro atoms. The Kier molecular flexibility index (Phi) is 2.53. The van der Waals surface area contributed by atoms with E-state index in [1.54, 1.807) is 0 Å². The van der Waals surface area contributed by atoms with Crippen LogP contribution in [0.5, 0.6) is 0 Å². The van der Waals surface area contributed by atoms with E-state index in [4.69, 9.17) is 11.6 Å². The molecule has 1 atom stereocenters. The summed E-state index contributed by atoms with van der Waals surface area (Å²) in [7, 11) is 0. The molecule has 0 saturated heterocycles.